The van der Waals surface area contributed by atoms with E-state index in [0.717, 1.165) is 0 Å². The van der Waals surface area contributed by atoms with Crippen molar-refractivity contribution in [1.29, 1.82) is 0 Å². The zero-order valence-electron chi connectivity index (χ0n) is 13.8. The van der Waals surface area contributed by atoms with Gasteiger partial charge >= 0.3 is 0 Å². The van der Waals surface area contributed by atoms with E-state index in [1.54, 1.807) is 0 Å². The van der Waals surface area contributed by atoms with Crippen LogP contribution in [0.5, 0.6) is 34.5 Å². The number of benzene rings is 2. The summed E-state index contributed by atoms with van der Waals surface area (Å²) in [6.45, 7) is 0. The topological polar surface area (TPSA) is 270 Å². The molecule has 1 aliphatic carbocycles. The van der Waals surface area contributed by atoms with Crippen LogP contribution in [0.15, 0.2) is 9.79 Å². The summed E-state index contributed by atoms with van der Waals surface area (Å²) in [6.07, 6.45) is 0. The van der Waals surface area contributed by atoms with E-state index in [9.17, 15) is 66.2 Å². The van der Waals surface area contributed by atoms with Gasteiger partial charge < -0.3 is 39.7 Å². The number of phenolic OH excluding ortho intramolecular Hbond substituents is 6. The van der Waals surface area contributed by atoms with Gasteiger partial charge in [0.2, 0.25) is 11.6 Å². The average Bonchev–Trinajstić information content (AvgIpc) is 2.56. The SMILES string of the molecule is O=C1c2c(O)c(O)c(S(=O)(=O)[O-])c(O)c2C(=O)c2c(O)c(O)c(S(=O)(=O)[O-])c(O)c21. The Kier molecular flexibility index (Phi) is 4.19. The van der Waals surface area contributed by atoms with Gasteiger partial charge in [0.25, 0.3) is 0 Å². The summed E-state index contributed by atoms with van der Waals surface area (Å²) in [5.74, 6) is -14.3. The largest absolute Gasteiger partial charge is 0.744 e. The molecule has 2 aromatic rings. The molecule has 0 bridgehead atoms. The number of fused-ring (bicyclic) bond motifs is 2. The second kappa shape index (κ2) is 5.95. The number of phenols is 6. The van der Waals surface area contributed by atoms with Crippen LogP contribution in [0.3, 0.4) is 0 Å². The smallest absolute Gasteiger partial charge is 0.202 e. The first kappa shape index (κ1) is 21.1. The van der Waals surface area contributed by atoms with Crippen molar-refractivity contribution >= 4 is 31.8 Å². The normalized spacial score (nSPS) is 13.8. The quantitative estimate of drug-likeness (QED) is 0.144. The molecule has 2 aromatic carbocycles. The summed E-state index contributed by atoms with van der Waals surface area (Å²) >= 11 is 0. The number of hydrogen-bond acceptors (Lipinski definition) is 14. The maximum absolute atomic E-state index is 12.7. The highest BCUT2D eigenvalue weighted by atomic mass is 32.2. The lowest BCUT2D eigenvalue weighted by Crippen LogP contribution is -2.23. The molecule has 1 aliphatic rings. The summed E-state index contributed by atoms with van der Waals surface area (Å²) in [5, 5.41) is 59.4. The molecule has 0 aliphatic heterocycles. The molecule has 30 heavy (non-hydrogen) atoms. The lowest BCUT2D eigenvalue weighted by molar-refractivity contribution is 0.0966. The molecule has 0 radical (unpaired) electrons. The van der Waals surface area contributed by atoms with Crippen LogP contribution in [0.2, 0.25) is 0 Å². The lowest BCUT2D eigenvalue weighted by Gasteiger charge is -2.25. The maximum Gasteiger partial charge on any atom is 0.202 e. The molecule has 0 aromatic heterocycles. The van der Waals surface area contributed by atoms with E-state index in [4.69, 9.17) is 0 Å². The van der Waals surface area contributed by atoms with Crippen molar-refractivity contribution in [3.8, 4) is 34.5 Å². The molecule has 0 atom stereocenters. The van der Waals surface area contributed by atoms with E-state index in [-0.39, 0.29) is 0 Å². The maximum atomic E-state index is 12.7. The van der Waals surface area contributed by atoms with Crippen LogP contribution in [-0.2, 0) is 20.2 Å². The van der Waals surface area contributed by atoms with Gasteiger partial charge in [0.1, 0.15) is 41.5 Å². The first-order chi connectivity index (χ1) is 13.5. The molecule has 0 amide bonds. The van der Waals surface area contributed by atoms with Crippen LogP contribution in [0.25, 0.3) is 0 Å². The van der Waals surface area contributed by atoms with Gasteiger partial charge in [-0.3, -0.25) is 9.59 Å². The molecule has 0 unspecified atom stereocenters. The molecular formula is C14H6O14S2-2. The summed E-state index contributed by atoms with van der Waals surface area (Å²) in [5.41, 5.74) is -5.62. The molecule has 0 saturated carbocycles. The van der Waals surface area contributed by atoms with E-state index in [1.807, 2.05) is 0 Å². The third kappa shape index (κ3) is 2.55. The van der Waals surface area contributed by atoms with E-state index in [0.29, 0.717) is 0 Å². The van der Waals surface area contributed by atoms with Crippen molar-refractivity contribution in [3.05, 3.63) is 22.3 Å². The fourth-order valence-corrected chi connectivity index (χ4v) is 4.33. The van der Waals surface area contributed by atoms with Gasteiger partial charge in [-0.05, 0) is 0 Å². The molecular weight excluding hydrogens is 456 g/mol. The highest BCUT2D eigenvalue weighted by Gasteiger charge is 2.44. The Morgan fingerprint density at radius 3 is 0.933 bits per heavy atom. The van der Waals surface area contributed by atoms with Crippen LogP contribution in [0.1, 0.15) is 31.8 Å². The van der Waals surface area contributed by atoms with Gasteiger partial charge in [0, 0.05) is 0 Å². The van der Waals surface area contributed by atoms with Crippen molar-refractivity contribution < 1.29 is 66.2 Å². The summed E-state index contributed by atoms with van der Waals surface area (Å²) in [4.78, 5) is 21.6. The Labute approximate surface area is 165 Å². The summed E-state index contributed by atoms with van der Waals surface area (Å²) in [7, 11) is -11.5. The Bertz CT molecular complexity index is 1310. The average molecular weight is 462 g/mol. The molecule has 16 heteroatoms. The lowest BCUT2D eigenvalue weighted by atomic mass is 9.81. The van der Waals surface area contributed by atoms with E-state index in [2.05, 4.69) is 0 Å². The Balaban J connectivity index is 2.59. The molecule has 0 saturated heterocycles. The predicted molar refractivity (Wildman–Crippen MR) is 85.7 cm³/mol. The van der Waals surface area contributed by atoms with Crippen molar-refractivity contribution in [2.45, 2.75) is 9.79 Å². The monoisotopic (exact) mass is 462 g/mol. The minimum Gasteiger partial charge on any atom is -0.744 e. The van der Waals surface area contributed by atoms with Crippen LogP contribution >= 0.6 is 0 Å². The second-order valence-corrected chi connectivity index (χ2v) is 8.45. The molecule has 14 nitrogen and oxygen atoms in total. The third-order valence-corrected chi connectivity index (χ3v) is 5.94. The van der Waals surface area contributed by atoms with Crippen LogP contribution in [0, 0.1) is 0 Å². The summed E-state index contributed by atoms with van der Waals surface area (Å²) in [6, 6.07) is 0. The van der Waals surface area contributed by atoms with Crippen LogP contribution in [0.4, 0.5) is 0 Å². The van der Waals surface area contributed by atoms with E-state index >= 15 is 0 Å². The number of aromatic hydroxyl groups is 6. The first-order valence-corrected chi connectivity index (χ1v) is 9.97. The Hall–Kier alpha value is -3.60. The molecule has 0 heterocycles. The minimum absolute atomic E-state index is 1.38. The number of ketones is 2. The fraction of sp³-hybridized carbons (Fsp3) is 0. The number of hydrogen-bond donors (Lipinski definition) is 6. The fourth-order valence-electron chi connectivity index (χ4n) is 2.98. The molecule has 160 valence electrons. The van der Waals surface area contributed by atoms with Gasteiger partial charge in [-0.2, -0.15) is 0 Å². The molecule has 0 spiro atoms. The standard InChI is InChI=1S/C14H8O14S2/c15-5-1-3(9(19)13(29(23,24)25)11(21)7(1)17)6(16)2-4(5)10(20)14(30(26,27)28)12(22)8(2)18/h17-22H,(H,23,24,25)(H,26,27,28)/p-2. The zero-order valence-corrected chi connectivity index (χ0v) is 15.4. The third-order valence-electron chi connectivity index (χ3n) is 4.16. The minimum atomic E-state index is -5.75. The molecule has 6 N–H and O–H groups in total. The van der Waals surface area contributed by atoms with Gasteiger partial charge in [0.05, 0.1) is 22.3 Å². The van der Waals surface area contributed by atoms with E-state index in [1.165, 1.54) is 0 Å². The van der Waals surface area contributed by atoms with Crippen LogP contribution < -0.4 is 0 Å². The van der Waals surface area contributed by atoms with Gasteiger partial charge in [-0.15, -0.1) is 0 Å². The number of carbonyl (C=O) groups is 2. The predicted octanol–water partition coefficient (Wildman–Crippen LogP) is -1.50. The highest BCUT2D eigenvalue weighted by Crippen LogP contribution is 2.53. The first-order valence-electron chi connectivity index (χ1n) is 7.16. The van der Waals surface area contributed by atoms with E-state index < -0.39 is 98.3 Å². The van der Waals surface area contributed by atoms with Gasteiger partial charge in [-0.25, -0.2) is 16.8 Å². The zero-order chi connectivity index (χ0) is 23.1. The van der Waals surface area contributed by atoms with Gasteiger partial charge in [-0.1, -0.05) is 0 Å². The van der Waals surface area contributed by atoms with Crippen LogP contribution in [-0.4, -0.2) is 68.1 Å². The number of carbonyl (C=O) groups excluding carboxylic acids is 2. The Morgan fingerprint density at radius 1 is 0.467 bits per heavy atom. The molecule has 3 rings (SSSR count). The van der Waals surface area contributed by atoms with Gasteiger partial charge in [0.15, 0.2) is 23.0 Å². The van der Waals surface area contributed by atoms with Crippen molar-refractivity contribution in [2.24, 2.45) is 0 Å². The number of rotatable bonds is 2. The highest BCUT2D eigenvalue weighted by molar-refractivity contribution is 7.86. The molecule has 0 fully saturated rings. The van der Waals surface area contributed by atoms with Crippen molar-refractivity contribution in [2.75, 3.05) is 0 Å². The summed E-state index contributed by atoms with van der Waals surface area (Å²) < 4.78 is 67.6. The van der Waals surface area contributed by atoms with Crippen molar-refractivity contribution in [1.82, 2.24) is 0 Å². The van der Waals surface area contributed by atoms with Crippen molar-refractivity contribution in [3.63, 3.8) is 0 Å². The Morgan fingerprint density at radius 2 is 0.700 bits per heavy atom. The second-order valence-electron chi connectivity index (χ2n) is 5.82.